The summed E-state index contributed by atoms with van der Waals surface area (Å²) in [5.74, 6) is 0.151. The highest BCUT2D eigenvalue weighted by atomic mass is 32.1. The fraction of sp³-hybridized carbons (Fsp3) is 0.500. The molecule has 1 saturated heterocycles. The molecule has 2 N–H and O–H groups in total. The molecule has 1 aliphatic rings. The molecule has 1 atom stereocenters. The van der Waals surface area contributed by atoms with E-state index >= 15 is 0 Å². The van der Waals surface area contributed by atoms with Gasteiger partial charge in [-0.05, 0) is 43.4 Å². The van der Waals surface area contributed by atoms with Crippen molar-refractivity contribution in [2.24, 2.45) is 5.73 Å². The van der Waals surface area contributed by atoms with Crippen LogP contribution in [-0.4, -0.2) is 28.4 Å². The first-order valence-corrected chi connectivity index (χ1v) is 7.71. The lowest BCUT2D eigenvalue weighted by atomic mass is 9.98. The number of nitrogens with two attached hydrogens (primary N) is 1. The summed E-state index contributed by atoms with van der Waals surface area (Å²) in [6, 6.07) is 8.05. The summed E-state index contributed by atoms with van der Waals surface area (Å²) in [7, 11) is 0. The number of nitrogens with zero attached hydrogens (tertiary/aromatic N) is 1. The van der Waals surface area contributed by atoms with Crippen molar-refractivity contribution < 1.29 is 4.79 Å². The molecule has 1 amide bonds. The van der Waals surface area contributed by atoms with Crippen LogP contribution in [0.4, 0.5) is 0 Å². The minimum absolute atomic E-state index is 0.151. The van der Waals surface area contributed by atoms with Crippen molar-refractivity contribution in [2.45, 2.75) is 45.1 Å². The van der Waals surface area contributed by atoms with Crippen LogP contribution in [0.3, 0.4) is 0 Å². The first kappa shape index (κ1) is 15.0. The van der Waals surface area contributed by atoms with Crippen molar-refractivity contribution >= 4 is 23.1 Å². The SMILES string of the molecule is CCC1CCCCN1C(=O)c1ccc(CC(N)=S)cc1. The van der Waals surface area contributed by atoms with Gasteiger partial charge in [0, 0.05) is 24.6 Å². The van der Waals surface area contributed by atoms with E-state index in [1.807, 2.05) is 29.2 Å². The summed E-state index contributed by atoms with van der Waals surface area (Å²) in [5.41, 5.74) is 7.35. The molecule has 0 saturated carbocycles. The Morgan fingerprint density at radius 1 is 1.35 bits per heavy atom. The van der Waals surface area contributed by atoms with E-state index in [2.05, 4.69) is 6.92 Å². The van der Waals surface area contributed by atoms with Gasteiger partial charge in [-0.25, -0.2) is 0 Å². The Labute approximate surface area is 126 Å². The zero-order chi connectivity index (χ0) is 14.5. The highest BCUT2D eigenvalue weighted by Gasteiger charge is 2.25. The van der Waals surface area contributed by atoms with Crippen LogP contribution in [0, 0.1) is 0 Å². The summed E-state index contributed by atoms with van der Waals surface area (Å²) < 4.78 is 0. The van der Waals surface area contributed by atoms with Gasteiger partial charge in [0.1, 0.15) is 0 Å². The van der Waals surface area contributed by atoms with Gasteiger partial charge in [-0.1, -0.05) is 31.3 Å². The molecule has 1 heterocycles. The molecule has 0 aromatic heterocycles. The molecule has 1 unspecified atom stereocenters. The number of benzene rings is 1. The van der Waals surface area contributed by atoms with Crippen LogP contribution in [0.1, 0.15) is 48.5 Å². The number of carbonyl (C=O) groups is 1. The summed E-state index contributed by atoms with van der Waals surface area (Å²) in [5, 5.41) is 0. The number of hydrogen-bond acceptors (Lipinski definition) is 2. The lowest BCUT2D eigenvalue weighted by Gasteiger charge is -2.35. The van der Waals surface area contributed by atoms with Crippen molar-refractivity contribution in [1.82, 2.24) is 4.90 Å². The maximum atomic E-state index is 12.6. The summed E-state index contributed by atoms with van der Waals surface area (Å²) >= 11 is 4.90. The number of piperidine rings is 1. The second-order valence-corrected chi connectivity index (χ2v) is 5.92. The molecule has 0 bridgehead atoms. The molecule has 20 heavy (non-hydrogen) atoms. The average Bonchev–Trinajstić information content (AvgIpc) is 2.46. The normalized spacial score (nSPS) is 18.9. The smallest absolute Gasteiger partial charge is 0.254 e. The maximum absolute atomic E-state index is 12.6. The zero-order valence-corrected chi connectivity index (χ0v) is 12.8. The Bertz CT molecular complexity index is 484. The van der Waals surface area contributed by atoms with E-state index < -0.39 is 0 Å². The van der Waals surface area contributed by atoms with Crippen molar-refractivity contribution in [3.63, 3.8) is 0 Å². The van der Waals surface area contributed by atoms with E-state index in [-0.39, 0.29) is 5.91 Å². The molecule has 1 fully saturated rings. The first-order valence-electron chi connectivity index (χ1n) is 7.30. The number of amides is 1. The molecule has 0 radical (unpaired) electrons. The number of carbonyl (C=O) groups excluding carboxylic acids is 1. The quantitative estimate of drug-likeness (QED) is 0.867. The van der Waals surface area contributed by atoms with Crippen LogP contribution >= 0.6 is 12.2 Å². The molecule has 2 rings (SSSR count). The van der Waals surface area contributed by atoms with Gasteiger partial charge in [-0.15, -0.1) is 0 Å². The van der Waals surface area contributed by atoms with Gasteiger partial charge in [0.25, 0.3) is 5.91 Å². The van der Waals surface area contributed by atoms with Crippen LogP contribution in [0.2, 0.25) is 0 Å². The van der Waals surface area contributed by atoms with Crippen LogP contribution in [-0.2, 0) is 6.42 Å². The second-order valence-electron chi connectivity index (χ2n) is 5.40. The summed E-state index contributed by atoms with van der Waals surface area (Å²) in [6.07, 6.45) is 5.09. The van der Waals surface area contributed by atoms with Crippen LogP contribution in [0.5, 0.6) is 0 Å². The van der Waals surface area contributed by atoms with E-state index in [4.69, 9.17) is 18.0 Å². The molecule has 1 aromatic carbocycles. The fourth-order valence-corrected chi connectivity index (χ4v) is 2.99. The number of rotatable bonds is 4. The number of hydrogen-bond donors (Lipinski definition) is 1. The van der Waals surface area contributed by atoms with Gasteiger partial charge >= 0.3 is 0 Å². The molecular weight excluding hydrogens is 268 g/mol. The average molecular weight is 290 g/mol. The minimum Gasteiger partial charge on any atom is -0.393 e. The molecule has 0 aliphatic carbocycles. The molecule has 4 heteroatoms. The molecule has 108 valence electrons. The minimum atomic E-state index is 0.151. The first-order chi connectivity index (χ1) is 9.61. The molecule has 1 aliphatic heterocycles. The Morgan fingerprint density at radius 3 is 2.65 bits per heavy atom. The summed E-state index contributed by atoms with van der Waals surface area (Å²) in [4.78, 5) is 15.1. The third-order valence-electron chi connectivity index (χ3n) is 3.94. The van der Waals surface area contributed by atoms with Gasteiger partial charge in [0.2, 0.25) is 0 Å². The van der Waals surface area contributed by atoms with Crippen molar-refractivity contribution in [3.05, 3.63) is 35.4 Å². The Kier molecular flexibility index (Phi) is 5.12. The third-order valence-corrected chi connectivity index (χ3v) is 4.08. The number of likely N-dealkylation sites (tertiary alicyclic amines) is 1. The largest absolute Gasteiger partial charge is 0.393 e. The number of thiocarbonyl (C=S) groups is 1. The van der Waals surface area contributed by atoms with Crippen molar-refractivity contribution in [1.29, 1.82) is 0 Å². The second kappa shape index (κ2) is 6.84. The summed E-state index contributed by atoms with van der Waals surface area (Å²) in [6.45, 7) is 3.04. The fourth-order valence-electron chi connectivity index (χ4n) is 2.82. The van der Waals surface area contributed by atoms with Crippen LogP contribution in [0.15, 0.2) is 24.3 Å². The zero-order valence-electron chi connectivity index (χ0n) is 12.0. The lowest BCUT2D eigenvalue weighted by molar-refractivity contribution is 0.0608. The third kappa shape index (κ3) is 3.57. The predicted molar refractivity (Wildman–Crippen MR) is 85.9 cm³/mol. The van der Waals surface area contributed by atoms with Gasteiger partial charge < -0.3 is 10.6 Å². The van der Waals surface area contributed by atoms with E-state index in [9.17, 15) is 4.79 Å². The van der Waals surface area contributed by atoms with Crippen LogP contribution < -0.4 is 5.73 Å². The highest BCUT2D eigenvalue weighted by Crippen LogP contribution is 2.22. The Hall–Kier alpha value is -1.42. The van der Waals surface area contributed by atoms with Crippen molar-refractivity contribution in [3.8, 4) is 0 Å². The van der Waals surface area contributed by atoms with Crippen LogP contribution in [0.25, 0.3) is 0 Å². The van der Waals surface area contributed by atoms with E-state index in [1.165, 1.54) is 6.42 Å². The standard InChI is InChI=1S/C16H22N2OS/c1-2-14-5-3-4-10-18(14)16(19)13-8-6-12(7-9-13)11-15(17)20/h6-9,14H,2-5,10-11H2,1H3,(H2,17,20). The Morgan fingerprint density at radius 2 is 2.05 bits per heavy atom. The van der Waals surface area contributed by atoms with Gasteiger partial charge in [-0.2, -0.15) is 0 Å². The van der Waals surface area contributed by atoms with Gasteiger partial charge in [0.05, 0.1) is 4.99 Å². The van der Waals surface area contributed by atoms with E-state index in [0.717, 1.165) is 36.9 Å². The maximum Gasteiger partial charge on any atom is 0.254 e. The highest BCUT2D eigenvalue weighted by molar-refractivity contribution is 7.80. The monoisotopic (exact) mass is 290 g/mol. The molecule has 0 spiro atoms. The topological polar surface area (TPSA) is 46.3 Å². The van der Waals surface area contributed by atoms with Gasteiger partial charge in [-0.3, -0.25) is 4.79 Å². The molecule has 1 aromatic rings. The Balaban J connectivity index is 2.09. The van der Waals surface area contributed by atoms with Gasteiger partial charge in [0.15, 0.2) is 0 Å². The van der Waals surface area contributed by atoms with E-state index in [1.54, 1.807) is 0 Å². The molecular formula is C16H22N2OS. The lowest BCUT2D eigenvalue weighted by Crippen LogP contribution is -2.43. The molecule has 3 nitrogen and oxygen atoms in total. The van der Waals surface area contributed by atoms with E-state index in [0.29, 0.717) is 17.5 Å². The van der Waals surface area contributed by atoms with Crippen molar-refractivity contribution in [2.75, 3.05) is 6.54 Å². The predicted octanol–water partition coefficient (Wildman–Crippen LogP) is 2.92.